The maximum Gasteiger partial charge on any atom is 0.335 e. The molecule has 2 N–H and O–H groups in total. The van der Waals surface area contributed by atoms with Crippen LogP contribution in [0.2, 0.25) is 0 Å². The molecule has 3 unspecified atom stereocenters. The summed E-state index contributed by atoms with van der Waals surface area (Å²) in [6.45, 7) is 13.6. The third-order valence-corrected chi connectivity index (χ3v) is 11.2. The number of carbonyl (C=O) groups excluding carboxylic acids is 5. The molecule has 3 saturated heterocycles. The topological polar surface area (TPSA) is 233 Å². The van der Waals surface area contributed by atoms with E-state index in [1.165, 1.54) is 0 Å². The van der Waals surface area contributed by atoms with Gasteiger partial charge >= 0.3 is 12.0 Å². The van der Waals surface area contributed by atoms with E-state index in [0.717, 1.165) is 44.5 Å². The van der Waals surface area contributed by atoms with Crippen molar-refractivity contribution in [1.82, 2.24) is 15.7 Å². The van der Waals surface area contributed by atoms with E-state index >= 15 is 0 Å². The normalized spacial score (nSPS) is 17.8. The van der Waals surface area contributed by atoms with Crippen LogP contribution >= 0.6 is 11.8 Å². The van der Waals surface area contributed by atoms with Crippen molar-refractivity contribution in [2.45, 2.75) is 88.5 Å². The standard InChI is InChI=1S/C22H40N2O7S.C22H39NO11/c1-27-9-10-29-13-14-31-16-15-30-12-11-28-8-4-6-18(25)5-2-3-7-20-21-19(17-32-20)23-22(26)24-21;1-2-6-27-8-10-29-12-14-31-16-18-33-19-17-32-15-13-30-11-9-28-7-5-22(26)34-23-20(24)3-4-21(23)25/h19-21H,2-17H2,1H3,(H2,23,24,26);2-19H2,1H3. The second kappa shape index (κ2) is 42.5. The zero-order valence-corrected chi connectivity index (χ0v) is 40.3. The van der Waals surface area contributed by atoms with Gasteiger partial charge in [-0.3, -0.25) is 14.4 Å². The molecular weight excluding hydrogens is 891 g/mol. The fourth-order valence-corrected chi connectivity index (χ4v) is 7.78. The van der Waals surface area contributed by atoms with Crippen molar-refractivity contribution in [2.75, 3.05) is 165 Å². The Labute approximate surface area is 395 Å². The lowest BCUT2D eigenvalue weighted by atomic mass is 10.0. The first-order valence-electron chi connectivity index (χ1n) is 23.5. The molecule has 0 aromatic carbocycles. The Morgan fingerprint density at radius 1 is 0.530 bits per heavy atom. The highest BCUT2D eigenvalue weighted by Gasteiger charge is 2.42. The Morgan fingerprint density at radius 2 is 0.955 bits per heavy atom. The van der Waals surface area contributed by atoms with Crippen LogP contribution in [0.5, 0.6) is 0 Å². The zero-order chi connectivity index (χ0) is 47.6. The number of methoxy groups -OCH3 is 1. The number of Topliss-reactive ketones (excluding diaryl/α,β-unsaturated/α-hetero) is 1. The van der Waals surface area contributed by atoms with Gasteiger partial charge in [0.25, 0.3) is 11.8 Å². The Kier molecular flexibility index (Phi) is 38.4. The molecule has 3 aliphatic rings. The molecule has 4 amide bonds. The maximum atomic E-state index is 12.0. The number of imide groups is 1. The fraction of sp³-hybridized carbons (Fsp3) is 0.886. The predicted molar refractivity (Wildman–Crippen MR) is 241 cm³/mol. The first-order chi connectivity index (χ1) is 32.3. The third kappa shape index (κ3) is 32.2. The van der Waals surface area contributed by atoms with Gasteiger partial charge in [0.15, 0.2) is 0 Å². The van der Waals surface area contributed by atoms with E-state index in [1.807, 2.05) is 11.8 Å². The first kappa shape index (κ1) is 59.5. The number of hydrogen-bond donors (Lipinski definition) is 2. The number of carbonyl (C=O) groups is 5. The molecule has 0 aromatic rings. The highest BCUT2D eigenvalue weighted by atomic mass is 32.2. The van der Waals surface area contributed by atoms with E-state index in [4.69, 9.17) is 61.7 Å². The highest BCUT2D eigenvalue weighted by Crippen LogP contribution is 2.33. The Morgan fingerprint density at radius 3 is 1.42 bits per heavy atom. The van der Waals surface area contributed by atoms with Crippen LogP contribution in [0.25, 0.3) is 0 Å². The Bertz CT molecular complexity index is 1240. The number of fused-ring (bicyclic) bond motifs is 1. The number of rotatable bonds is 45. The first-order valence-corrected chi connectivity index (χ1v) is 24.5. The summed E-state index contributed by atoms with van der Waals surface area (Å²) >= 11 is 1.92. The number of ketones is 1. The summed E-state index contributed by atoms with van der Waals surface area (Å²) in [6, 6.07) is 0.482. The Hall–Kier alpha value is -2.58. The van der Waals surface area contributed by atoms with E-state index in [9.17, 15) is 24.0 Å². The predicted octanol–water partition coefficient (Wildman–Crippen LogP) is 2.28. The minimum Gasteiger partial charge on any atom is -0.382 e. The summed E-state index contributed by atoms with van der Waals surface area (Å²) in [5.41, 5.74) is 0. The van der Waals surface area contributed by atoms with Gasteiger partial charge in [-0.1, -0.05) is 13.3 Å². The van der Waals surface area contributed by atoms with E-state index in [0.29, 0.717) is 168 Å². The van der Waals surface area contributed by atoms with Crippen LogP contribution in [0, 0.1) is 0 Å². The van der Waals surface area contributed by atoms with Crippen LogP contribution in [-0.2, 0) is 80.9 Å². The van der Waals surface area contributed by atoms with Crippen LogP contribution in [0.15, 0.2) is 0 Å². The molecule has 3 rings (SSSR count). The van der Waals surface area contributed by atoms with Gasteiger partial charge in [0.2, 0.25) is 0 Å². The molecular formula is C44H79N3O18S. The lowest BCUT2D eigenvalue weighted by Crippen LogP contribution is -2.36. The number of amides is 4. The number of hydroxylamine groups is 2. The fourth-order valence-electron chi connectivity index (χ4n) is 6.24. The molecule has 3 heterocycles. The molecule has 3 atom stereocenters. The van der Waals surface area contributed by atoms with E-state index < -0.39 is 17.8 Å². The number of nitrogens with one attached hydrogen (secondary N) is 2. The van der Waals surface area contributed by atoms with Crippen LogP contribution in [-0.4, -0.2) is 217 Å². The lowest BCUT2D eigenvalue weighted by molar-refractivity contribution is -0.198. The van der Waals surface area contributed by atoms with Crippen molar-refractivity contribution < 1.29 is 85.7 Å². The number of unbranched alkanes of at least 4 members (excludes halogenated alkanes) is 1. The van der Waals surface area contributed by atoms with Crippen molar-refractivity contribution in [2.24, 2.45) is 0 Å². The van der Waals surface area contributed by atoms with E-state index in [-0.39, 0.29) is 44.0 Å². The monoisotopic (exact) mass is 970 g/mol. The average molecular weight is 970 g/mol. The van der Waals surface area contributed by atoms with Crippen LogP contribution < -0.4 is 10.6 Å². The second-order valence-electron chi connectivity index (χ2n) is 15.0. The molecule has 22 heteroatoms. The molecule has 0 spiro atoms. The summed E-state index contributed by atoms with van der Waals surface area (Å²) in [4.78, 5) is 62.4. The quantitative estimate of drug-likeness (QED) is 0.0506. The highest BCUT2D eigenvalue weighted by molar-refractivity contribution is 8.00. The molecule has 384 valence electrons. The summed E-state index contributed by atoms with van der Waals surface area (Å²) < 4.78 is 64.0. The smallest absolute Gasteiger partial charge is 0.335 e. The van der Waals surface area contributed by atoms with Crippen molar-refractivity contribution in [3.05, 3.63) is 0 Å². The number of hydrogen-bond acceptors (Lipinski definition) is 19. The minimum absolute atomic E-state index is 0.0427. The van der Waals surface area contributed by atoms with Gasteiger partial charge in [0.1, 0.15) is 5.78 Å². The van der Waals surface area contributed by atoms with Crippen molar-refractivity contribution in [3.63, 3.8) is 0 Å². The van der Waals surface area contributed by atoms with Gasteiger partial charge in [0, 0.05) is 57.0 Å². The van der Waals surface area contributed by atoms with Crippen molar-refractivity contribution in [1.29, 1.82) is 0 Å². The van der Waals surface area contributed by atoms with E-state index in [1.54, 1.807) is 7.11 Å². The maximum absolute atomic E-state index is 12.0. The number of nitrogens with zero attached hydrogens (tertiary/aromatic N) is 1. The van der Waals surface area contributed by atoms with Crippen LogP contribution in [0.1, 0.15) is 71.1 Å². The summed E-state index contributed by atoms with van der Waals surface area (Å²) in [5.74, 6) is -0.407. The summed E-state index contributed by atoms with van der Waals surface area (Å²) in [6.07, 6.45) is 6.05. The molecule has 0 aliphatic carbocycles. The van der Waals surface area contributed by atoms with Crippen molar-refractivity contribution in [3.8, 4) is 0 Å². The molecule has 66 heavy (non-hydrogen) atoms. The largest absolute Gasteiger partial charge is 0.382 e. The molecule has 0 saturated carbocycles. The average Bonchev–Trinajstić information content (AvgIpc) is 3.98. The van der Waals surface area contributed by atoms with Gasteiger partial charge < -0.3 is 72.3 Å². The molecule has 3 fully saturated rings. The molecule has 0 aromatic heterocycles. The molecule has 3 aliphatic heterocycles. The Balaban J connectivity index is 0.000000454. The summed E-state index contributed by atoms with van der Waals surface area (Å²) in [7, 11) is 1.64. The van der Waals surface area contributed by atoms with E-state index in [2.05, 4.69) is 17.6 Å². The van der Waals surface area contributed by atoms with Gasteiger partial charge in [-0.15, -0.1) is 5.06 Å². The molecule has 21 nitrogen and oxygen atoms in total. The van der Waals surface area contributed by atoms with Gasteiger partial charge in [0.05, 0.1) is 157 Å². The number of ether oxygens (including phenoxy) is 12. The minimum atomic E-state index is -0.690. The van der Waals surface area contributed by atoms with Crippen LogP contribution in [0.4, 0.5) is 4.79 Å². The summed E-state index contributed by atoms with van der Waals surface area (Å²) in [5, 5.41) is 6.96. The van der Waals surface area contributed by atoms with Gasteiger partial charge in [-0.25, -0.2) is 9.59 Å². The second-order valence-corrected chi connectivity index (χ2v) is 16.3. The number of thioether (sulfide) groups is 1. The van der Waals surface area contributed by atoms with Crippen LogP contribution in [0.3, 0.4) is 0 Å². The van der Waals surface area contributed by atoms with Crippen molar-refractivity contribution >= 4 is 41.4 Å². The molecule has 0 radical (unpaired) electrons. The number of urea groups is 1. The molecule has 0 bridgehead atoms. The van der Waals surface area contributed by atoms with Gasteiger partial charge in [-0.2, -0.15) is 11.8 Å². The zero-order valence-electron chi connectivity index (χ0n) is 39.5. The lowest BCUT2D eigenvalue weighted by Gasteiger charge is -2.16. The van der Waals surface area contributed by atoms with Gasteiger partial charge in [-0.05, 0) is 25.7 Å². The SMILES string of the molecule is CCCOCCOCCOCCOCCOCCOCCOCCC(=O)ON1C(=O)CCC1=O.COCCOCCOCCOCCOCCCC(=O)CCCCC1SCC2NC(=O)NC21. The third-order valence-electron chi connectivity index (χ3n) is 9.65.